The molecule has 1 aliphatic heterocycles. The summed E-state index contributed by atoms with van der Waals surface area (Å²) in [6.07, 6.45) is 2.81. The Hall–Kier alpha value is -3.09. The highest BCUT2D eigenvalue weighted by Crippen LogP contribution is 2.28. The first kappa shape index (κ1) is 24.0. The maximum absolute atomic E-state index is 13.7. The molecule has 7 nitrogen and oxygen atoms in total. The highest BCUT2D eigenvalue weighted by molar-refractivity contribution is 7.92. The molecule has 0 aliphatic carbocycles. The number of hydrogen-bond acceptors (Lipinski definition) is 5. The summed E-state index contributed by atoms with van der Waals surface area (Å²) in [5, 5.41) is 5.42. The van der Waals surface area contributed by atoms with Gasteiger partial charge in [-0.25, -0.2) is 13.2 Å². The molecule has 0 unspecified atom stereocenters. The number of allylic oxidation sites excluding steroid dienone is 1. The smallest absolute Gasteiger partial charge is 0.264 e. The highest BCUT2D eigenvalue weighted by Gasteiger charge is 2.29. The molecule has 1 aromatic heterocycles. The first-order chi connectivity index (χ1) is 16.2. The molecule has 0 atom stereocenters. The minimum atomic E-state index is -3.74. The van der Waals surface area contributed by atoms with Gasteiger partial charge in [-0.3, -0.25) is 8.99 Å². The van der Waals surface area contributed by atoms with Crippen molar-refractivity contribution in [1.82, 2.24) is 14.7 Å². The van der Waals surface area contributed by atoms with Crippen molar-refractivity contribution in [2.24, 2.45) is 11.8 Å². The van der Waals surface area contributed by atoms with Gasteiger partial charge in [0.1, 0.15) is 5.94 Å². The number of hydrogen-bond donors (Lipinski definition) is 0. The van der Waals surface area contributed by atoms with Gasteiger partial charge in [0.25, 0.3) is 10.0 Å². The summed E-state index contributed by atoms with van der Waals surface area (Å²) >= 11 is 0. The Morgan fingerprint density at radius 2 is 1.88 bits per heavy atom. The van der Waals surface area contributed by atoms with Crippen molar-refractivity contribution in [2.75, 3.05) is 23.9 Å². The van der Waals surface area contributed by atoms with E-state index in [1.165, 1.54) is 9.87 Å². The van der Waals surface area contributed by atoms with E-state index in [2.05, 4.69) is 12.0 Å². The second kappa shape index (κ2) is 9.65. The van der Waals surface area contributed by atoms with Crippen LogP contribution in [0, 0.1) is 11.8 Å². The van der Waals surface area contributed by atoms with Crippen LogP contribution < -0.4 is 4.31 Å². The van der Waals surface area contributed by atoms with Gasteiger partial charge in [-0.2, -0.15) is 5.10 Å². The SMILES string of the molecule is CCc1ccc(N(CC(C)C)S(=O)(=O)c2ccc3nn(CC4CN(C(C)=C=O)C4)cc3c2)cc1. The third-order valence-electron chi connectivity index (χ3n) is 6.30. The van der Waals surface area contributed by atoms with Crippen LogP contribution in [0.5, 0.6) is 0 Å². The zero-order valence-corrected chi connectivity index (χ0v) is 21.0. The monoisotopic (exact) mass is 480 g/mol. The van der Waals surface area contributed by atoms with E-state index in [1.807, 2.05) is 59.8 Å². The van der Waals surface area contributed by atoms with Crippen LogP contribution in [-0.4, -0.2) is 48.7 Å². The van der Waals surface area contributed by atoms with E-state index in [9.17, 15) is 13.2 Å². The fraction of sp³-hybridized carbons (Fsp3) is 0.423. The number of rotatable bonds is 9. The van der Waals surface area contributed by atoms with Crippen molar-refractivity contribution < 1.29 is 13.2 Å². The number of sulfonamides is 1. The van der Waals surface area contributed by atoms with Gasteiger partial charge in [-0.1, -0.05) is 32.9 Å². The van der Waals surface area contributed by atoms with E-state index in [1.54, 1.807) is 25.1 Å². The molecule has 34 heavy (non-hydrogen) atoms. The van der Waals surface area contributed by atoms with Crippen LogP contribution in [0.2, 0.25) is 0 Å². The summed E-state index contributed by atoms with van der Waals surface area (Å²) in [5.41, 5.74) is 3.25. The fourth-order valence-electron chi connectivity index (χ4n) is 4.30. The number of likely N-dealkylation sites (tertiary alicyclic amines) is 1. The van der Waals surface area contributed by atoms with Gasteiger partial charge < -0.3 is 4.90 Å². The van der Waals surface area contributed by atoms with Gasteiger partial charge in [0.05, 0.1) is 21.8 Å². The first-order valence-corrected chi connectivity index (χ1v) is 13.2. The van der Waals surface area contributed by atoms with Crippen LogP contribution in [0.15, 0.2) is 59.3 Å². The quantitative estimate of drug-likeness (QED) is 0.431. The van der Waals surface area contributed by atoms with E-state index >= 15 is 0 Å². The maximum atomic E-state index is 13.7. The van der Waals surface area contributed by atoms with Gasteiger partial charge in [-0.05, 0) is 55.2 Å². The van der Waals surface area contributed by atoms with E-state index < -0.39 is 10.0 Å². The van der Waals surface area contributed by atoms with Gasteiger partial charge in [0.2, 0.25) is 0 Å². The van der Waals surface area contributed by atoms with Crippen LogP contribution in [-0.2, 0) is 27.8 Å². The number of fused-ring (bicyclic) bond motifs is 1. The molecule has 180 valence electrons. The topological polar surface area (TPSA) is 75.5 Å². The number of nitrogens with zero attached hydrogens (tertiary/aromatic N) is 4. The molecule has 0 saturated carbocycles. The second-order valence-corrected chi connectivity index (χ2v) is 11.3. The molecule has 4 rings (SSSR count). The Morgan fingerprint density at radius 3 is 2.50 bits per heavy atom. The number of carbonyl (C=O) groups excluding carboxylic acids is 1. The normalized spacial score (nSPS) is 14.3. The molecule has 8 heteroatoms. The Kier molecular flexibility index (Phi) is 6.82. The molecule has 2 heterocycles. The maximum Gasteiger partial charge on any atom is 0.264 e. The minimum absolute atomic E-state index is 0.173. The average molecular weight is 481 g/mol. The molecule has 0 amide bonds. The van der Waals surface area contributed by atoms with E-state index in [4.69, 9.17) is 0 Å². The van der Waals surface area contributed by atoms with Crippen LogP contribution in [0.3, 0.4) is 0 Å². The lowest BCUT2D eigenvalue weighted by molar-refractivity contribution is 0.126. The Bertz CT molecular complexity index is 1320. The number of anilines is 1. The standard InChI is InChI=1S/C26H32N4O3S/c1-5-21-6-8-24(9-7-21)30(13-19(2)3)34(32,33)25-10-11-26-23(12-25)17-29(27-26)16-22-14-28(15-22)20(4)18-31/h6-12,17,19,22H,5,13-16H2,1-4H3. The molecular weight excluding hydrogens is 448 g/mol. The van der Waals surface area contributed by atoms with E-state index in [0.717, 1.165) is 37.0 Å². The Morgan fingerprint density at radius 1 is 1.18 bits per heavy atom. The lowest BCUT2D eigenvalue weighted by Gasteiger charge is -2.40. The van der Waals surface area contributed by atoms with Crippen molar-refractivity contribution in [2.45, 2.75) is 45.6 Å². The van der Waals surface area contributed by atoms with Crippen LogP contribution in [0.4, 0.5) is 5.69 Å². The zero-order valence-electron chi connectivity index (χ0n) is 20.2. The zero-order chi connectivity index (χ0) is 24.5. The summed E-state index contributed by atoms with van der Waals surface area (Å²) < 4.78 is 30.8. The summed E-state index contributed by atoms with van der Waals surface area (Å²) in [4.78, 5) is 13.1. The number of benzene rings is 2. The molecule has 1 aliphatic rings. The Labute approximate surface area is 201 Å². The lowest BCUT2D eigenvalue weighted by atomic mass is 10.00. The van der Waals surface area contributed by atoms with Crippen LogP contribution in [0.1, 0.15) is 33.3 Å². The third kappa shape index (κ3) is 4.88. The Balaban J connectivity index is 1.58. The van der Waals surface area contributed by atoms with Gasteiger partial charge in [0.15, 0.2) is 0 Å². The summed E-state index contributed by atoms with van der Waals surface area (Å²) in [6, 6.07) is 12.9. The van der Waals surface area contributed by atoms with Crippen molar-refractivity contribution in [3.63, 3.8) is 0 Å². The van der Waals surface area contributed by atoms with Crippen molar-refractivity contribution in [3.05, 3.63) is 59.9 Å². The van der Waals surface area contributed by atoms with E-state index in [0.29, 0.717) is 23.8 Å². The molecule has 1 fully saturated rings. The lowest BCUT2D eigenvalue weighted by Crippen LogP contribution is -2.47. The van der Waals surface area contributed by atoms with Crippen LogP contribution in [0.25, 0.3) is 10.9 Å². The summed E-state index contributed by atoms with van der Waals surface area (Å²) in [5.74, 6) is 2.51. The molecule has 2 aromatic carbocycles. The largest absolute Gasteiger partial charge is 0.365 e. The van der Waals surface area contributed by atoms with Crippen molar-refractivity contribution in [1.29, 1.82) is 0 Å². The second-order valence-electron chi connectivity index (χ2n) is 9.48. The minimum Gasteiger partial charge on any atom is -0.365 e. The van der Waals surface area contributed by atoms with E-state index in [-0.39, 0.29) is 10.8 Å². The molecule has 1 saturated heterocycles. The predicted octanol–water partition coefficient (Wildman–Crippen LogP) is 4.12. The predicted molar refractivity (Wildman–Crippen MR) is 135 cm³/mol. The molecular formula is C26H32N4O3S. The fourth-order valence-corrected chi connectivity index (χ4v) is 5.96. The van der Waals surface area contributed by atoms with Crippen molar-refractivity contribution >= 4 is 32.6 Å². The average Bonchev–Trinajstić information content (AvgIpc) is 3.21. The molecule has 0 spiro atoms. The van der Waals surface area contributed by atoms with Gasteiger partial charge >= 0.3 is 0 Å². The number of aryl methyl sites for hydroxylation is 1. The van der Waals surface area contributed by atoms with Gasteiger partial charge in [0, 0.05) is 43.7 Å². The highest BCUT2D eigenvalue weighted by atomic mass is 32.2. The van der Waals surface area contributed by atoms with Gasteiger partial charge in [-0.15, -0.1) is 0 Å². The third-order valence-corrected chi connectivity index (χ3v) is 8.09. The molecule has 3 aromatic rings. The van der Waals surface area contributed by atoms with Crippen LogP contribution >= 0.6 is 0 Å². The molecule has 0 radical (unpaired) electrons. The van der Waals surface area contributed by atoms with Crippen molar-refractivity contribution in [3.8, 4) is 0 Å². The summed E-state index contributed by atoms with van der Waals surface area (Å²) in [6.45, 7) is 10.6. The summed E-state index contributed by atoms with van der Waals surface area (Å²) in [7, 11) is -3.74. The molecule has 0 bridgehead atoms. The molecule has 0 N–H and O–H groups in total. The first-order valence-electron chi connectivity index (χ1n) is 11.8. The number of aromatic nitrogens is 2.